The van der Waals surface area contributed by atoms with Gasteiger partial charge in [-0.05, 0) is 17.7 Å². The molecule has 5 heteroatoms. The van der Waals surface area contributed by atoms with Gasteiger partial charge >= 0.3 is 0 Å². The topological polar surface area (TPSA) is 55.1 Å². The molecule has 3 N–H and O–H groups in total. The first-order chi connectivity index (χ1) is 6.19. The number of nitrogens with one attached hydrogen (secondary N) is 1. The van der Waals surface area contributed by atoms with Crippen LogP contribution in [0.3, 0.4) is 0 Å². The molecule has 78 valence electrons. The van der Waals surface area contributed by atoms with Crippen molar-refractivity contribution in [2.45, 2.75) is 6.54 Å². The van der Waals surface area contributed by atoms with Gasteiger partial charge in [-0.15, -0.1) is 12.4 Å². The minimum absolute atomic E-state index is 0. The van der Waals surface area contributed by atoms with Crippen LogP contribution < -0.4 is 11.1 Å². The van der Waals surface area contributed by atoms with Crippen molar-refractivity contribution in [1.29, 1.82) is 0 Å². The molecule has 0 bridgehead atoms. The maximum atomic E-state index is 13.2. The van der Waals surface area contributed by atoms with Gasteiger partial charge in [0.2, 0.25) is 0 Å². The van der Waals surface area contributed by atoms with E-state index in [1.165, 1.54) is 19.2 Å². The summed E-state index contributed by atoms with van der Waals surface area (Å²) in [6.45, 7) is 0.269. The van der Waals surface area contributed by atoms with Gasteiger partial charge in [-0.3, -0.25) is 4.79 Å². The molecule has 0 radical (unpaired) electrons. The summed E-state index contributed by atoms with van der Waals surface area (Å²) in [4.78, 5) is 11.1. The lowest BCUT2D eigenvalue weighted by Gasteiger charge is -2.02. The van der Waals surface area contributed by atoms with Crippen LogP contribution in [0.2, 0.25) is 0 Å². The summed E-state index contributed by atoms with van der Waals surface area (Å²) in [6.07, 6.45) is 0. The highest BCUT2D eigenvalue weighted by Gasteiger charge is 2.09. The molecule has 0 atom stereocenters. The van der Waals surface area contributed by atoms with Crippen LogP contribution in [0.5, 0.6) is 0 Å². The SMILES string of the molecule is CNC(=O)c1ccc(CN)cc1F.Cl. The number of carbonyl (C=O) groups is 1. The first-order valence-corrected chi connectivity index (χ1v) is 3.89. The molecule has 0 heterocycles. The monoisotopic (exact) mass is 218 g/mol. The zero-order valence-corrected chi connectivity index (χ0v) is 8.53. The normalized spacial score (nSPS) is 9.07. The second-order valence-corrected chi connectivity index (χ2v) is 2.60. The van der Waals surface area contributed by atoms with E-state index in [9.17, 15) is 9.18 Å². The van der Waals surface area contributed by atoms with Crippen molar-refractivity contribution >= 4 is 18.3 Å². The van der Waals surface area contributed by atoms with E-state index in [0.717, 1.165) is 0 Å². The van der Waals surface area contributed by atoms with E-state index in [2.05, 4.69) is 5.32 Å². The minimum atomic E-state index is -0.540. The first-order valence-electron chi connectivity index (χ1n) is 3.89. The summed E-state index contributed by atoms with van der Waals surface area (Å²) in [5.41, 5.74) is 6.02. The fourth-order valence-corrected chi connectivity index (χ4v) is 1.00. The number of hydrogen-bond acceptors (Lipinski definition) is 2. The van der Waals surface area contributed by atoms with Crippen LogP contribution in [0.1, 0.15) is 15.9 Å². The van der Waals surface area contributed by atoms with Gasteiger partial charge in [0.15, 0.2) is 0 Å². The number of benzene rings is 1. The largest absolute Gasteiger partial charge is 0.355 e. The third-order valence-corrected chi connectivity index (χ3v) is 1.74. The highest BCUT2D eigenvalue weighted by molar-refractivity contribution is 5.94. The van der Waals surface area contributed by atoms with E-state index in [4.69, 9.17) is 5.73 Å². The molecule has 0 aliphatic heterocycles. The van der Waals surface area contributed by atoms with Gasteiger partial charge in [-0.1, -0.05) is 6.07 Å². The number of carbonyl (C=O) groups excluding carboxylic acids is 1. The fraction of sp³-hybridized carbons (Fsp3) is 0.222. The second-order valence-electron chi connectivity index (χ2n) is 2.60. The highest BCUT2D eigenvalue weighted by Crippen LogP contribution is 2.09. The Morgan fingerprint density at radius 2 is 2.21 bits per heavy atom. The molecule has 3 nitrogen and oxygen atoms in total. The van der Waals surface area contributed by atoms with Crippen LogP contribution in [0, 0.1) is 5.82 Å². The van der Waals surface area contributed by atoms with Gasteiger partial charge in [0.25, 0.3) is 5.91 Å². The summed E-state index contributed by atoms with van der Waals surface area (Å²) in [6, 6.07) is 4.33. The predicted molar refractivity (Wildman–Crippen MR) is 54.9 cm³/mol. The molecular formula is C9H12ClFN2O. The maximum absolute atomic E-state index is 13.2. The number of rotatable bonds is 2. The van der Waals surface area contributed by atoms with Crippen molar-refractivity contribution < 1.29 is 9.18 Å². The van der Waals surface area contributed by atoms with E-state index >= 15 is 0 Å². The molecule has 1 aromatic rings. The minimum Gasteiger partial charge on any atom is -0.355 e. The van der Waals surface area contributed by atoms with Crippen molar-refractivity contribution in [2.24, 2.45) is 5.73 Å². The lowest BCUT2D eigenvalue weighted by atomic mass is 10.1. The molecular weight excluding hydrogens is 207 g/mol. The molecule has 0 unspecified atom stereocenters. The van der Waals surface area contributed by atoms with Crippen molar-refractivity contribution in [3.8, 4) is 0 Å². The third-order valence-electron chi connectivity index (χ3n) is 1.74. The number of nitrogens with two attached hydrogens (primary N) is 1. The van der Waals surface area contributed by atoms with E-state index in [1.807, 2.05) is 0 Å². The summed E-state index contributed by atoms with van der Waals surface area (Å²) < 4.78 is 13.2. The Labute approximate surface area is 87.9 Å². The molecule has 0 saturated heterocycles. The van der Waals surface area contributed by atoms with Crippen molar-refractivity contribution in [1.82, 2.24) is 5.32 Å². The van der Waals surface area contributed by atoms with Gasteiger partial charge in [-0.25, -0.2) is 4.39 Å². The maximum Gasteiger partial charge on any atom is 0.253 e. The smallest absolute Gasteiger partial charge is 0.253 e. The summed E-state index contributed by atoms with van der Waals surface area (Å²) >= 11 is 0. The Morgan fingerprint density at radius 3 is 2.64 bits per heavy atom. The molecule has 0 fully saturated rings. The Balaban J connectivity index is 0.00000169. The van der Waals surface area contributed by atoms with Crippen LogP contribution in [0.25, 0.3) is 0 Å². The van der Waals surface area contributed by atoms with E-state index in [0.29, 0.717) is 5.56 Å². The molecule has 0 aliphatic rings. The van der Waals surface area contributed by atoms with Crippen LogP contribution in [-0.2, 0) is 6.54 Å². The Bertz CT molecular complexity index is 331. The fourth-order valence-electron chi connectivity index (χ4n) is 1.00. The molecule has 1 amide bonds. The van der Waals surface area contributed by atoms with Crippen molar-refractivity contribution in [2.75, 3.05) is 7.05 Å². The van der Waals surface area contributed by atoms with Gasteiger partial charge in [-0.2, -0.15) is 0 Å². The molecule has 14 heavy (non-hydrogen) atoms. The van der Waals surface area contributed by atoms with Crippen LogP contribution in [0.4, 0.5) is 4.39 Å². The molecule has 0 spiro atoms. The lowest BCUT2D eigenvalue weighted by Crippen LogP contribution is -2.19. The summed E-state index contributed by atoms with van der Waals surface area (Å²) in [5, 5.41) is 2.35. The Kier molecular flexibility index (Phi) is 5.12. The van der Waals surface area contributed by atoms with Gasteiger partial charge < -0.3 is 11.1 Å². The number of amides is 1. The molecule has 0 saturated carbocycles. The van der Waals surface area contributed by atoms with Crippen molar-refractivity contribution in [3.63, 3.8) is 0 Å². The number of halogens is 2. The van der Waals surface area contributed by atoms with E-state index < -0.39 is 11.7 Å². The van der Waals surface area contributed by atoms with E-state index in [1.54, 1.807) is 6.07 Å². The van der Waals surface area contributed by atoms with Crippen LogP contribution in [-0.4, -0.2) is 13.0 Å². The molecule has 0 aliphatic carbocycles. The van der Waals surface area contributed by atoms with Crippen molar-refractivity contribution in [3.05, 3.63) is 35.1 Å². The van der Waals surface area contributed by atoms with Crippen LogP contribution in [0.15, 0.2) is 18.2 Å². The average molecular weight is 219 g/mol. The average Bonchev–Trinajstić information content (AvgIpc) is 2.16. The number of hydrogen-bond donors (Lipinski definition) is 2. The van der Waals surface area contributed by atoms with Gasteiger partial charge in [0.05, 0.1) is 5.56 Å². The Hall–Kier alpha value is -1.13. The quantitative estimate of drug-likeness (QED) is 0.780. The molecule has 0 aromatic heterocycles. The van der Waals surface area contributed by atoms with E-state index in [-0.39, 0.29) is 24.5 Å². The summed E-state index contributed by atoms with van der Waals surface area (Å²) in [7, 11) is 1.46. The highest BCUT2D eigenvalue weighted by atomic mass is 35.5. The Morgan fingerprint density at radius 1 is 1.57 bits per heavy atom. The molecule has 1 rings (SSSR count). The van der Waals surface area contributed by atoms with Gasteiger partial charge in [0.1, 0.15) is 5.82 Å². The summed E-state index contributed by atoms with van der Waals surface area (Å²) in [5.74, 6) is -0.969. The first kappa shape index (κ1) is 12.9. The third kappa shape index (κ3) is 2.68. The predicted octanol–water partition coefficient (Wildman–Crippen LogP) is 1.07. The molecule has 1 aromatic carbocycles. The standard InChI is InChI=1S/C9H11FN2O.ClH/c1-12-9(13)7-3-2-6(5-11)4-8(7)10;/h2-4H,5,11H2,1H3,(H,12,13);1H. The second kappa shape index (κ2) is 5.57. The lowest BCUT2D eigenvalue weighted by molar-refractivity contribution is 0.0959. The van der Waals surface area contributed by atoms with Crippen LogP contribution >= 0.6 is 12.4 Å². The zero-order chi connectivity index (χ0) is 9.84. The zero-order valence-electron chi connectivity index (χ0n) is 7.71. The van der Waals surface area contributed by atoms with Gasteiger partial charge in [0, 0.05) is 13.6 Å².